The summed E-state index contributed by atoms with van der Waals surface area (Å²) in [6.07, 6.45) is 3.42. The van der Waals surface area contributed by atoms with Gasteiger partial charge in [-0.15, -0.1) is 0 Å². The smallest absolute Gasteiger partial charge is 0.253 e. The molecule has 1 amide bonds. The second-order valence-corrected chi connectivity index (χ2v) is 5.58. The molecule has 0 spiro atoms. The first-order valence-electron chi connectivity index (χ1n) is 7.85. The molecule has 1 fully saturated rings. The van der Waals surface area contributed by atoms with E-state index in [-0.39, 0.29) is 5.91 Å². The Morgan fingerprint density at radius 3 is 2.20 bits per heavy atom. The maximum atomic E-state index is 12.4. The summed E-state index contributed by atoms with van der Waals surface area (Å²) in [6, 6.07) is 8.13. The molecule has 0 saturated carbocycles. The van der Waals surface area contributed by atoms with Gasteiger partial charge in [0.1, 0.15) is 0 Å². The number of hydrogen-bond acceptors (Lipinski definition) is 2. The van der Waals surface area contributed by atoms with Crippen molar-refractivity contribution in [2.24, 2.45) is 0 Å². The van der Waals surface area contributed by atoms with Gasteiger partial charge in [-0.1, -0.05) is 32.4 Å². The molecule has 1 aliphatic rings. The van der Waals surface area contributed by atoms with Gasteiger partial charge in [-0.2, -0.15) is 0 Å². The molecule has 1 saturated heterocycles. The van der Waals surface area contributed by atoms with Crippen LogP contribution in [0.15, 0.2) is 24.3 Å². The van der Waals surface area contributed by atoms with Crippen LogP contribution in [0.1, 0.15) is 42.6 Å². The Bertz CT molecular complexity index is 419. The lowest BCUT2D eigenvalue weighted by atomic mass is 10.1. The van der Waals surface area contributed by atoms with Gasteiger partial charge in [0.25, 0.3) is 5.91 Å². The van der Waals surface area contributed by atoms with Crippen LogP contribution in [0.3, 0.4) is 0 Å². The normalized spacial score (nSPS) is 16.4. The van der Waals surface area contributed by atoms with Crippen molar-refractivity contribution < 1.29 is 4.79 Å². The van der Waals surface area contributed by atoms with Crippen molar-refractivity contribution >= 4 is 5.91 Å². The quantitative estimate of drug-likeness (QED) is 0.824. The van der Waals surface area contributed by atoms with Crippen LogP contribution in [0, 0.1) is 0 Å². The van der Waals surface area contributed by atoms with Crippen LogP contribution in [-0.2, 0) is 6.42 Å². The first-order valence-corrected chi connectivity index (χ1v) is 7.85. The summed E-state index contributed by atoms with van der Waals surface area (Å²) in [6.45, 7) is 9.25. The molecular weight excluding hydrogens is 248 g/mol. The van der Waals surface area contributed by atoms with E-state index in [1.165, 1.54) is 12.0 Å². The molecule has 1 aromatic carbocycles. The Hall–Kier alpha value is -1.35. The van der Waals surface area contributed by atoms with Gasteiger partial charge in [-0.25, -0.2) is 0 Å². The van der Waals surface area contributed by atoms with Crippen molar-refractivity contribution in [3.63, 3.8) is 0 Å². The van der Waals surface area contributed by atoms with E-state index in [1.54, 1.807) is 0 Å². The van der Waals surface area contributed by atoms with Crippen molar-refractivity contribution in [2.45, 2.75) is 33.1 Å². The van der Waals surface area contributed by atoms with Crippen molar-refractivity contribution in [2.75, 3.05) is 32.7 Å². The summed E-state index contributed by atoms with van der Waals surface area (Å²) in [5.74, 6) is 0.184. The van der Waals surface area contributed by atoms with Crippen LogP contribution in [0.4, 0.5) is 0 Å². The van der Waals surface area contributed by atoms with Crippen LogP contribution < -0.4 is 0 Å². The minimum Gasteiger partial charge on any atom is -0.336 e. The molecule has 110 valence electrons. The summed E-state index contributed by atoms with van der Waals surface area (Å²) in [7, 11) is 0. The van der Waals surface area contributed by atoms with Crippen molar-refractivity contribution in [3.05, 3.63) is 35.4 Å². The van der Waals surface area contributed by atoms with Crippen molar-refractivity contribution in [1.29, 1.82) is 0 Å². The van der Waals surface area contributed by atoms with Gasteiger partial charge in [0.15, 0.2) is 0 Å². The van der Waals surface area contributed by atoms with E-state index >= 15 is 0 Å². The molecule has 0 N–H and O–H groups in total. The second kappa shape index (κ2) is 7.44. The average Bonchev–Trinajstić information content (AvgIpc) is 2.49. The van der Waals surface area contributed by atoms with Gasteiger partial charge in [0, 0.05) is 31.7 Å². The number of piperazine rings is 1. The molecule has 1 aliphatic heterocycles. The third-order valence-corrected chi connectivity index (χ3v) is 3.94. The minimum absolute atomic E-state index is 0.184. The van der Waals surface area contributed by atoms with Crippen LogP contribution in [0.2, 0.25) is 0 Å². The van der Waals surface area contributed by atoms with Gasteiger partial charge < -0.3 is 4.90 Å². The van der Waals surface area contributed by atoms with E-state index in [0.29, 0.717) is 0 Å². The SMILES string of the molecule is CCCc1ccc(C(=O)N2CCN(CCC)CC2)cc1. The number of hydrogen-bond donors (Lipinski definition) is 0. The Morgan fingerprint density at radius 2 is 1.65 bits per heavy atom. The number of amides is 1. The maximum Gasteiger partial charge on any atom is 0.253 e. The van der Waals surface area contributed by atoms with E-state index in [2.05, 4.69) is 30.9 Å². The highest BCUT2D eigenvalue weighted by atomic mass is 16.2. The number of carbonyl (C=O) groups excluding carboxylic acids is 1. The number of carbonyl (C=O) groups is 1. The lowest BCUT2D eigenvalue weighted by molar-refractivity contribution is 0.0637. The topological polar surface area (TPSA) is 23.6 Å². The largest absolute Gasteiger partial charge is 0.336 e. The highest BCUT2D eigenvalue weighted by molar-refractivity contribution is 5.94. The fraction of sp³-hybridized carbons (Fsp3) is 0.588. The molecule has 3 heteroatoms. The highest BCUT2D eigenvalue weighted by Gasteiger charge is 2.21. The zero-order chi connectivity index (χ0) is 14.4. The fourth-order valence-electron chi connectivity index (χ4n) is 2.78. The Labute approximate surface area is 122 Å². The van der Waals surface area contributed by atoms with Gasteiger partial charge >= 0.3 is 0 Å². The van der Waals surface area contributed by atoms with E-state index in [9.17, 15) is 4.79 Å². The number of benzene rings is 1. The van der Waals surface area contributed by atoms with E-state index in [4.69, 9.17) is 0 Å². The predicted octanol–water partition coefficient (Wildman–Crippen LogP) is 2.81. The molecule has 3 nitrogen and oxygen atoms in total. The molecule has 20 heavy (non-hydrogen) atoms. The Morgan fingerprint density at radius 1 is 1.00 bits per heavy atom. The summed E-state index contributed by atoms with van der Waals surface area (Å²) in [5, 5.41) is 0. The van der Waals surface area contributed by atoms with Gasteiger partial charge in [-0.3, -0.25) is 9.69 Å². The van der Waals surface area contributed by atoms with Crippen LogP contribution in [-0.4, -0.2) is 48.4 Å². The monoisotopic (exact) mass is 274 g/mol. The predicted molar refractivity (Wildman–Crippen MR) is 83.1 cm³/mol. The molecule has 0 atom stereocenters. The lowest BCUT2D eigenvalue weighted by Crippen LogP contribution is -2.48. The van der Waals surface area contributed by atoms with Crippen LogP contribution in [0.25, 0.3) is 0 Å². The van der Waals surface area contributed by atoms with Crippen LogP contribution >= 0.6 is 0 Å². The fourth-order valence-corrected chi connectivity index (χ4v) is 2.78. The first-order chi connectivity index (χ1) is 9.74. The number of aryl methyl sites for hydroxylation is 1. The summed E-state index contributed by atoms with van der Waals surface area (Å²) >= 11 is 0. The molecular formula is C17H26N2O. The molecule has 0 bridgehead atoms. The summed E-state index contributed by atoms with van der Waals surface area (Å²) in [4.78, 5) is 16.9. The van der Waals surface area contributed by atoms with E-state index in [1.807, 2.05) is 17.0 Å². The van der Waals surface area contributed by atoms with Gasteiger partial charge in [-0.05, 0) is 37.1 Å². The van der Waals surface area contributed by atoms with Gasteiger partial charge in [0.05, 0.1) is 0 Å². The average molecular weight is 274 g/mol. The summed E-state index contributed by atoms with van der Waals surface area (Å²) in [5.41, 5.74) is 2.14. The van der Waals surface area contributed by atoms with E-state index < -0.39 is 0 Å². The summed E-state index contributed by atoms with van der Waals surface area (Å²) < 4.78 is 0. The zero-order valence-corrected chi connectivity index (χ0v) is 12.8. The number of nitrogens with zero attached hydrogens (tertiary/aromatic N) is 2. The Balaban J connectivity index is 1.91. The highest BCUT2D eigenvalue weighted by Crippen LogP contribution is 2.11. The number of rotatable bonds is 5. The molecule has 0 aliphatic carbocycles. The molecule has 1 aromatic rings. The van der Waals surface area contributed by atoms with Gasteiger partial charge in [0.2, 0.25) is 0 Å². The second-order valence-electron chi connectivity index (χ2n) is 5.58. The maximum absolute atomic E-state index is 12.4. The molecule has 1 heterocycles. The lowest BCUT2D eigenvalue weighted by Gasteiger charge is -2.34. The van der Waals surface area contributed by atoms with Crippen molar-refractivity contribution in [3.8, 4) is 0 Å². The zero-order valence-electron chi connectivity index (χ0n) is 12.8. The standard InChI is InChI=1S/C17H26N2O/c1-3-5-15-6-8-16(9-7-15)17(20)19-13-11-18(10-4-2)12-14-19/h6-9H,3-5,10-14H2,1-2H3. The first kappa shape index (κ1) is 15.0. The third-order valence-electron chi connectivity index (χ3n) is 3.94. The van der Waals surface area contributed by atoms with E-state index in [0.717, 1.165) is 51.1 Å². The molecule has 0 unspecified atom stereocenters. The molecule has 2 rings (SSSR count). The molecule has 0 radical (unpaired) electrons. The third kappa shape index (κ3) is 3.83. The minimum atomic E-state index is 0.184. The van der Waals surface area contributed by atoms with Crippen molar-refractivity contribution in [1.82, 2.24) is 9.80 Å². The molecule has 0 aromatic heterocycles. The Kier molecular flexibility index (Phi) is 5.60. The van der Waals surface area contributed by atoms with Crippen LogP contribution in [0.5, 0.6) is 0 Å².